The number of carbonyl (C=O) groups excluding carboxylic acids is 1. The minimum Gasteiger partial charge on any atom is -0.337 e. The van der Waals surface area contributed by atoms with Crippen LogP contribution in [0.15, 0.2) is 36.9 Å². The van der Waals surface area contributed by atoms with E-state index in [9.17, 15) is 4.79 Å². The molecule has 2 bridgehead atoms. The molecular formula is C14H16O3. The summed E-state index contributed by atoms with van der Waals surface area (Å²) in [6, 6.07) is 7.76. The van der Waals surface area contributed by atoms with Gasteiger partial charge in [-0.15, -0.1) is 0 Å². The molecule has 1 aromatic rings. The zero-order valence-corrected chi connectivity index (χ0v) is 9.94. The first-order chi connectivity index (χ1) is 8.14. The molecule has 0 fully saturated rings. The Morgan fingerprint density at radius 3 is 2.76 bits per heavy atom. The fourth-order valence-electron chi connectivity index (χ4n) is 1.94. The molecule has 0 N–H and O–H groups in total. The molecule has 0 aromatic heterocycles. The highest BCUT2D eigenvalue weighted by atomic mass is 17.2. The van der Waals surface area contributed by atoms with Gasteiger partial charge in [-0.1, -0.05) is 18.7 Å². The SMILES string of the molecule is C=CC(=O)CCCC1(C)OOc2ccc1cc2. The summed E-state index contributed by atoms with van der Waals surface area (Å²) >= 11 is 0. The lowest BCUT2D eigenvalue weighted by Crippen LogP contribution is -2.26. The zero-order chi connectivity index (χ0) is 12.3. The smallest absolute Gasteiger partial charge is 0.165 e. The molecule has 0 spiro atoms. The molecule has 0 amide bonds. The minimum absolute atomic E-state index is 0.0675. The van der Waals surface area contributed by atoms with Crippen molar-refractivity contribution in [2.45, 2.75) is 31.8 Å². The standard InChI is InChI=1S/C14H16O3/c1-3-12(15)5-4-10-14(2)11-6-8-13(9-7-11)16-17-14/h3,6-9H,1,4-5,10H2,2H3. The van der Waals surface area contributed by atoms with E-state index in [-0.39, 0.29) is 5.78 Å². The van der Waals surface area contributed by atoms with Crippen molar-refractivity contribution in [2.24, 2.45) is 0 Å². The van der Waals surface area contributed by atoms with Gasteiger partial charge in [-0.05, 0) is 43.5 Å². The molecule has 2 aliphatic heterocycles. The quantitative estimate of drug-likeness (QED) is 0.578. The molecule has 3 rings (SSSR count). The fraction of sp³-hybridized carbons (Fsp3) is 0.357. The van der Waals surface area contributed by atoms with E-state index in [1.54, 1.807) is 0 Å². The van der Waals surface area contributed by atoms with Crippen LogP contribution in [0.2, 0.25) is 0 Å². The molecule has 3 heteroatoms. The van der Waals surface area contributed by atoms with Gasteiger partial charge in [0, 0.05) is 6.42 Å². The number of fused-ring (bicyclic) bond motifs is 4. The monoisotopic (exact) mass is 232 g/mol. The van der Waals surface area contributed by atoms with Crippen LogP contribution < -0.4 is 4.89 Å². The summed E-state index contributed by atoms with van der Waals surface area (Å²) in [6.45, 7) is 5.44. The fourth-order valence-corrected chi connectivity index (χ4v) is 1.94. The second-order valence-electron chi connectivity index (χ2n) is 4.45. The van der Waals surface area contributed by atoms with E-state index in [1.165, 1.54) is 6.08 Å². The van der Waals surface area contributed by atoms with Crippen molar-refractivity contribution >= 4 is 5.78 Å². The number of ketones is 1. The van der Waals surface area contributed by atoms with Crippen LogP contribution in [0.25, 0.3) is 0 Å². The Bertz CT molecular complexity index is 422. The third kappa shape index (κ3) is 2.56. The summed E-state index contributed by atoms with van der Waals surface area (Å²) in [4.78, 5) is 21.8. The Hall–Kier alpha value is -1.61. The van der Waals surface area contributed by atoms with Crippen molar-refractivity contribution in [2.75, 3.05) is 0 Å². The molecule has 0 saturated heterocycles. The van der Waals surface area contributed by atoms with Gasteiger partial charge in [0.25, 0.3) is 0 Å². The summed E-state index contributed by atoms with van der Waals surface area (Å²) in [7, 11) is 0. The summed E-state index contributed by atoms with van der Waals surface area (Å²) in [6.07, 6.45) is 3.36. The van der Waals surface area contributed by atoms with Crippen molar-refractivity contribution < 1.29 is 14.6 Å². The molecule has 0 radical (unpaired) electrons. The molecule has 90 valence electrons. The molecule has 17 heavy (non-hydrogen) atoms. The number of rotatable bonds is 5. The second-order valence-corrected chi connectivity index (χ2v) is 4.45. The van der Waals surface area contributed by atoms with Crippen molar-refractivity contribution in [1.29, 1.82) is 0 Å². The van der Waals surface area contributed by atoms with E-state index >= 15 is 0 Å². The van der Waals surface area contributed by atoms with Gasteiger partial charge < -0.3 is 4.89 Å². The van der Waals surface area contributed by atoms with E-state index in [0.29, 0.717) is 12.2 Å². The predicted molar refractivity (Wildman–Crippen MR) is 64.6 cm³/mol. The Kier molecular flexibility index (Phi) is 3.29. The van der Waals surface area contributed by atoms with Gasteiger partial charge in [-0.2, -0.15) is 4.89 Å². The summed E-state index contributed by atoms with van der Waals surface area (Å²) in [5, 5.41) is 0. The van der Waals surface area contributed by atoms with E-state index in [4.69, 9.17) is 9.78 Å². The first-order valence-electron chi connectivity index (χ1n) is 5.75. The van der Waals surface area contributed by atoms with Gasteiger partial charge in [0.05, 0.1) is 0 Å². The third-order valence-electron chi connectivity index (χ3n) is 3.09. The number of hydrogen-bond acceptors (Lipinski definition) is 3. The lowest BCUT2D eigenvalue weighted by molar-refractivity contribution is -0.292. The minimum atomic E-state index is -0.479. The van der Waals surface area contributed by atoms with Gasteiger partial charge in [-0.25, -0.2) is 0 Å². The largest absolute Gasteiger partial charge is 0.337 e. The molecule has 3 nitrogen and oxygen atoms in total. The Morgan fingerprint density at radius 1 is 1.41 bits per heavy atom. The van der Waals surface area contributed by atoms with Gasteiger partial charge in [-0.3, -0.25) is 4.79 Å². The van der Waals surface area contributed by atoms with Gasteiger partial charge in [0.15, 0.2) is 11.5 Å². The van der Waals surface area contributed by atoms with E-state index in [0.717, 1.165) is 18.4 Å². The molecule has 1 atom stereocenters. The first kappa shape index (κ1) is 11.9. The number of carbonyl (C=O) groups is 1. The normalized spacial score (nSPS) is 21.7. The number of allylic oxidation sites excluding steroid dienone is 1. The highest BCUT2D eigenvalue weighted by Crippen LogP contribution is 2.35. The Balaban J connectivity index is 2.00. The van der Waals surface area contributed by atoms with Crippen LogP contribution in [0.5, 0.6) is 5.75 Å². The Morgan fingerprint density at radius 2 is 2.12 bits per heavy atom. The van der Waals surface area contributed by atoms with Crippen molar-refractivity contribution in [3.63, 3.8) is 0 Å². The van der Waals surface area contributed by atoms with Crippen LogP contribution in [-0.4, -0.2) is 5.78 Å². The van der Waals surface area contributed by atoms with E-state index < -0.39 is 5.60 Å². The molecule has 1 unspecified atom stereocenters. The zero-order valence-electron chi connectivity index (χ0n) is 9.94. The Labute approximate surface area is 101 Å². The topological polar surface area (TPSA) is 35.5 Å². The maximum Gasteiger partial charge on any atom is 0.165 e. The van der Waals surface area contributed by atoms with Crippen molar-refractivity contribution in [1.82, 2.24) is 0 Å². The highest BCUT2D eigenvalue weighted by molar-refractivity contribution is 5.88. The molecular weight excluding hydrogens is 216 g/mol. The van der Waals surface area contributed by atoms with Crippen LogP contribution in [0.3, 0.4) is 0 Å². The van der Waals surface area contributed by atoms with E-state index in [2.05, 4.69) is 6.58 Å². The first-order valence-corrected chi connectivity index (χ1v) is 5.75. The molecule has 0 saturated carbocycles. The number of hydrogen-bond donors (Lipinski definition) is 0. The lowest BCUT2D eigenvalue weighted by Gasteiger charge is -2.25. The van der Waals surface area contributed by atoms with Crippen LogP contribution in [0, 0.1) is 0 Å². The maximum atomic E-state index is 11.2. The highest BCUT2D eigenvalue weighted by Gasteiger charge is 2.32. The van der Waals surface area contributed by atoms with Crippen LogP contribution in [0.4, 0.5) is 0 Å². The maximum absolute atomic E-state index is 11.2. The van der Waals surface area contributed by atoms with Gasteiger partial charge >= 0.3 is 0 Å². The molecule has 0 aliphatic carbocycles. The van der Waals surface area contributed by atoms with Gasteiger partial charge in [0.2, 0.25) is 0 Å². The summed E-state index contributed by atoms with van der Waals surface area (Å²) in [5.74, 6) is 0.776. The van der Waals surface area contributed by atoms with E-state index in [1.807, 2.05) is 31.2 Å². The van der Waals surface area contributed by atoms with Crippen molar-refractivity contribution in [3.05, 3.63) is 42.5 Å². The van der Waals surface area contributed by atoms with Crippen molar-refractivity contribution in [3.8, 4) is 5.75 Å². The predicted octanol–water partition coefficient (Wildman–Crippen LogP) is 3.15. The molecule has 1 aromatic carbocycles. The second kappa shape index (κ2) is 4.72. The third-order valence-corrected chi connectivity index (χ3v) is 3.09. The summed E-state index contributed by atoms with van der Waals surface area (Å²) in [5.41, 5.74) is 0.594. The average molecular weight is 232 g/mol. The molecule has 2 heterocycles. The number of benzene rings is 1. The van der Waals surface area contributed by atoms with Crippen LogP contribution in [-0.2, 0) is 15.3 Å². The summed E-state index contributed by atoms with van der Waals surface area (Å²) < 4.78 is 0. The van der Waals surface area contributed by atoms with Crippen LogP contribution in [0.1, 0.15) is 31.7 Å². The lowest BCUT2D eigenvalue weighted by atomic mass is 9.90. The van der Waals surface area contributed by atoms with Gasteiger partial charge in [0.1, 0.15) is 5.60 Å². The average Bonchev–Trinajstić information content (AvgIpc) is 2.60. The van der Waals surface area contributed by atoms with Crippen LogP contribution >= 0.6 is 0 Å². The molecule has 2 aliphatic rings.